The minimum Gasteiger partial charge on any atom is -0.478 e. The lowest BCUT2D eigenvalue weighted by Crippen LogP contribution is -2.27. The fourth-order valence-electron chi connectivity index (χ4n) is 1.21. The summed E-state index contributed by atoms with van der Waals surface area (Å²) in [6, 6.07) is 1.56. The Balaban J connectivity index is 2.69. The molecular formula is C12H14N2O4. The van der Waals surface area contributed by atoms with Crippen LogP contribution in [0.1, 0.15) is 15.9 Å². The Morgan fingerprint density at radius 1 is 1.50 bits per heavy atom. The van der Waals surface area contributed by atoms with Gasteiger partial charge in [-0.25, -0.2) is 4.79 Å². The molecule has 1 aromatic heterocycles. The van der Waals surface area contributed by atoms with Crippen LogP contribution in [-0.2, 0) is 9.53 Å². The Hall–Kier alpha value is -2.21. The highest BCUT2D eigenvalue weighted by atomic mass is 16.5. The smallest absolute Gasteiger partial charge is 0.328 e. The quantitative estimate of drug-likeness (QED) is 0.568. The van der Waals surface area contributed by atoms with Gasteiger partial charge in [0.15, 0.2) is 0 Å². The molecule has 0 saturated heterocycles. The van der Waals surface area contributed by atoms with Crippen molar-refractivity contribution in [3.05, 3.63) is 35.7 Å². The zero-order chi connectivity index (χ0) is 13.4. The van der Waals surface area contributed by atoms with Crippen LogP contribution in [-0.4, -0.2) is 42.2 Å². The zero-order valence-corrected chi connectivity index (χ0v) is 9.92. The van der Waals surface area contributed by atoms with E-state index in [9.17, 15) is 9.59 Å². The van der Waals surface area contributed by atoms with Crippen LogP contribution < -0.4 is 5.32 Å². The van der Waals surface area contributed by atoms with E-state index in [0.29, 0.717) is 24.3 Å². The maximum absolute atomic E-state index is 11.7. The van der Waals surface area contributed by atoms with Crippen LogP contribution in [0.4, 0.5) is 0 Å². The van der Waals surface area contributed by atoms with E-state index in [4.69, 9.17) is 9.84 Å². The summed E-state index contributed by atoms with van der Waals surface area (Å²) in [5.41, 5.74) is 0.926. The third kappa shape index (κ3) is 4.75. The number of pyridine rings is 1. The van der Waals surface area contributed by atoms with E-state index in [1.165, 1.54) is 18.5 Å². The number of aromatic nitrogens is 1. The summed E-state index contributed by atoms with van der Waals surface area (Å²) in [5, 5.41) is 11.1. The minimum absolute atomic E-state index is 0.273. The van der Waals surface area contributed by atoms with Gasteiger partial charge in [0, 0.05) is 32.1 Å². The highest BCUT2D eigenvalue weighted by Gasteiger charge is 2.05. The number of carboxylic acids is 1. The van der Waals surface area contributed by atoms with Crippen LogP contribution in [0.15, 0.2) is 24.5 Å². The Morgan fingerprint density at radius 3 is 2.94 bits per heavy atom. The molecule has 0 aliphatic rings. The molecule has 0 bridgehead atoms. The molecule has 18 heavy (non-hydrogen) atoms. The van der Waals surface area contributed by atoms with Crippen molar-refractivity contribution in [1.29, 1.82) is 0 Å². The van der Waals surface area contributed by atoms with Gasteiger partial charge in [0.25, 0.3) is 5.91 Å². The molecule has 96 valence electrons. The first-order chi connectivity index (χ1) is 8.63. The summed E-state index contributed by atoms with van der Waals surface area (Å²) < 4.78 is 4.81. The molecule has 0 spiro atoms. The molecule has 1 heterocycles. The average molecular weight is 250 g/mol. The summed E-state index contributed by atoms with van der Waals surface area (Å²) in [5.74, 6) is -1.32. The second-order valence-corrected chi connectivity index (χ2v) is 3.43. The lowest BCUT2D eigenvalue weighted by molar-refractivity contribution is -0.131. The zero-order valence-electron chi connectivity index (χ0n) is 9.92. The number of ether oxygens (including phenoxy) is 1. The van der Waals surface area contributed by atoms with Crippen molar-refractivity contribution in [3.63, 3.8) is 0 Å². The standard InChI is InChI=1S/C12H14N2O4/c1-18-5-4-14-12(17)10-6-9(7-13-8-10)2-3-11(15)16/h2-3,6-8H,4-5H2,1H3,(H,14,17)(H,15,16)/b3-2+. The van der Waals surface area contributed by atoms with E-state index >= 15 is 0 Å². The Bertz CT molecular complexity index is 457. The topological polar surface area (TPSA) is 88.5 Å². The molecule has 0 radical (unpaired) electrons. The number of nitrogens with one attached hydrogen (secondary N) is 1. The first kappa shape index (κ1) is 13.9. The second kappa shape index (κ2) is 7.18. The highest BCUT2D eigenvalue weighted by Crippen LogP contribution is 2.04. The third-order valence-corrected chi connectivity index (χ3v) is 2.03. The number of hydrogen-bond donors (Lipinski definition) is 2. The summed E-state index contributed by atoms with van der Waals surface area (Å²) in [6.45, 7) is 0.836. The van der Waals surface area contributed by atoms with Crippen molar-refractivity contribution in [1.82, 2.24) is 10.3 Å². The molecule has 6 heteroatoms. The molecule has 2 N–H and O–H groups in total. The van der Waals surface area contributed by atoms with Gasteiger partial charge >= 0.3 is 5.97 Å². The second-order valence-electron chi connectivity index (χ2n) is 3.43. The maximum Gasteiger partial charge on any atom is 0.328 e. The molecular weight excluding hydrogens is 236 g/mol. The lowest BCUT2D eigenvalue weighted by Gasteiger charge is -2.04. The number of carbonyl (C=O) groups is 2. The molecule has 0 unspecified atom stereocenters. The molecule has 6 nitrogen and oxygen atoms in total. The maximum atomic E-state index is 11.7. The van der Waals surface area contributed by atoms with Crippen molar-refractivity contribution >= 4 is 18.0 Å². The highest BCUT2D eigenvalue weighted by molar-refractivity contribution is 5.94. The molecule has 0 fully saturated rings. The van der Waals surface area contributed by atoms with Crippen molar-refractivity contribution in [2.75, 3.05) is 20.3 Å². The van der Waals surface area contributed by atoms with Crippen molar-refractivity contribution in [3.8, 4) is 0 Å². The first-order valence-electron chi connectivity index (χ1n) is 5.26. The molecule has 0 aliphatic heterocycles. The van der Waals surface area contributed by atoms with Crippen LogP contribution in [0.5, 0.6) is 0 Å². The number of rotatable bonds is 6. The van der Waals surface area contributed by atoms with Gasteiger partial charge < -0.3 is 15.2 Å². The number of methoxy groups -OCH3 is 1. The predicted molar refractivity (Wildman–Crippen MR) is 65.1 cm³/mol. The van der Waals surface area contributed by atoms with E-state index in [0.717, 1.165) is 6.08 Å². The van der Waals surface area contributed by atoms with E-state index in [-0.39, 0.29) is 5.91 Å². The van der Waals surface area contributed by atoms with Gasteiger partial charge in [-0.1, -0.05) is 0 Å². The van der Waals surface area contributed by atoms with Gasteiger partial charge in [-0.15, -0.1) is 0 Å². The minimum atomic E-state index is -1.05. The van der Waals surface area contributed by atoms with Crippen molar-refractivity contribution in [2.24, 2.45) is 0 Å². The summed E-state index contributed by atoms with van der Waals surface area (Å²) in [6.07, 6.45) is 5.26. The molecule has 0 atom stereocenters. The Morgan fingerprint density at radius 2 is 2.28 bits per heavy atom. The van der Waals surface area contributed by atoms with Gasteiger partial charge in [-0.2, -0.15) is 0 Å². The Kier molecular flexibility index (Phi) is 5.53. The van der Waals surface area contributed by atoms with Gasteiger partial charge in [0.05, 0.1) is 12.2 Å². The van der Waals surface area contributed by atoms with E-state index in [1.807, 2.05) is 0 Å². The van der Waals surface area contributed by atoms with E-state index < -0.39 is 5.97 Å². The summed E-state index contributed by atoms with van der Waals surface area (Å²) >= 11 is 0. The molecule has 1 aromatic rings. The molecule has 0 saturated carbocycles. The van der Waals surface area contributed by atoms with Gasteiger partial charge in [-0.05, 0) is 17.7 Å². The van der Waals surface area contributed by atoms with Crippen LogP contribution in [0.2, 0.25) is 0 Å². The number of hydrogen-bond acceptors (Lipinski definition) is 4. The third-order valence-electron chi connectivity index (χ3n) is 2.03. The molecule has 0 aliphatic carbocycles. The van der Waals surface area contributed by atoms with Crippen LogP contribution in [0.3, 0.4) is 0 Å². The van der Waals surface area contributed by atoms with Gasteiger partial charge in [0.2, 0.25) is 0 Å². The number of carboxylic acid groups (broad SMARTS) is 1. The van der Waals surface area contributed by atoms with Crippen LogP contribution >= 0.6 is 0 Å². The normalized spacial score (nSPS) is 10.5. The molecule has 1 amide bonds. The van der Waals surface area contributed by atoms with Crippen LogP contribution in [0.25, 0.3) is 6.08 Å². The van der Waals surface area contributed by atoms with Crippen LogP contribution in [0, 0.1) is 0 Å². The van der Waals surface area contributed by atoms with E-state index in [2.05, 4.69) is 10.3 Å². The van der Waals surface area contributed by atoms with Crippen molar-refractivity contribution < 1.29 is 19.4 Å². The largest absolute Gasteiger partial charge is 0.478 e. The SMILES string of the molecule is COCCNC(=O)c1cncc(/C=C/C(=O)O)c1. The average Bonchev–Trinajstić information content (AvgIpc) is 2.37. The number of amides is 1. The number of carbonyl (C=O) groups excluding carboxylic acids is 1. The number of aliphatic carboxylic acids is 1. The predicted octanol–water partition coefficient (Wildman–Crippen LogP) is 0.556. The summed E-state index contributed by atoms with van der Waals surface area (Å²) in [4.78, 5) is 25.9. The molecule has 0 aromatic carbocycles. The van der Waals surface area contributed by atoms with Crippen molar-refractivity contribution in [2.45, 2.75) is 0 Å². The first-order valence-corrected chi connectivity index (χ1v) is 5.26. The summed E-state index contributed by atoms with van der Waals surface area (Å²) in [7, 11) is 1.55. The fraction of sp³-hybridized carbons (Fsp3) is 0.250. The van der Waals surface area contributed by atoms with Gasteiger partial charge in [0.1, 0.15) is 0 Å². The monoisotopic (exact) mass is 250 g/mol. The Labute approximate surface area is 104 Å². The molecule has 1 rings (SSSR count). The fourth-order valence-corrected chi connectivity index (χ4v) is 1.21. The van der Waals surface area contributed by atoms with E-state index in [1.54, 1.807) is 13.2 Å². The number of nitrogens with zero attached hydrogens (tertiary/aromatic N) is 1. The lowest BCUT2D eigenvalue weighted by atomic mass is 10.2. The van der Waals surface area contributed by atoms with Gasteiger partial charge in [-0.3, -0.25) is 9.78 Å².